The second kappa shape index (κ2) is 7.31. The summed E-state index contributed by atoms with van der Waals surface area (Å²) < 4.78 is 0. The molecule has 28 heavy (non-hydrogen) atoms. The Bertz CT molecular complexity index is 947. The zero-order valence-electron chi connectivity index (χ0n) is 15.5. The van der Waals surface area contributed by atoms with Crippen molar-refractivity contribution in [3.63, 3.8) is 0 Å². The highest BCUT2D eigenvalue weighted by Crippen LogP contribution is 2.29. The van der Waals surface area contributed by atoms with Gasteiger partial charge in [0.25, 0.3) is 5.91 Å². The van der Waals surface area contributed by atoms with Crippen LogP contribution in [0.5, 0.6) is 0 Å². The normalized spacial score (nSPS) is 20.8. The fourth-order valence-electron chi connectivity index (χ4n) is 3.65. The van der Waals surface area contributed by atoms with Gasteiger partial charge in [0.2, 0.25) is 5.91 Å². The largest absolute Gasteiger partial charge is 0.344 e. The first-order valence-electron chi connectivity index (χ1n) is 9.24. The summed E-state index contributed by atoms with van der Waals surface area (Å²) in [6.45, 7) is 1.63. The summed E-state index contributed by atoms with van der Waals surface area (Å²) in [6, 6.07) is 14.6. The molecule has 6 nitrogen and oxygen atoms in total. The van der Waals surface area contributed by atoms with Crippen LogP contribution in [0.15, 0.2) is 53.4 Å². The van der Waals surface area contributed by atoms with E-state index >= 15 is 0 Å². The molecule has 0 bridgehead atoms. The number of urea groups is 1. The lowest BCUT2D eigenvalue weighted by Crippen LogP contribution is -2.48. The van der Waals surface area contributed by atoms with Gasteiger partial charge in [-0.05, 0) is 55.0 Å². The quantitative estimate of drug-likeness (QED) is 0.603. The molecule has 2 aromatic rings. The van der Waals surface area contributed by atoms with Crippen LogP contribution in [0.4, 0.5) is 4.79 Å². The Morgan fingerprint density at radius 2 is 1.89 bits per heavy atom. The number of carbonyl (C=O) groups excluding carboxylic acids is 3. The van der Waals surface area contributed by atoms with Crippen LogP contribution in [0.2, 0.25) is 0 Å². The van der Waals surface area contributed by atoms with Crippen LogP contribution < -0.4 is 10.7 Å². The van der Waals surface area contributed by atoms with E-state index < -0.39 is 23.4 Å². The Kier molecular flexibility index (Phi) is 4.85. The van der Waals surface area contributed by atoms with E-state index in [0.717, 1.165) is 22.7 Å². The minimum absolute atomic E-state index is 0.123. The number of imide groups is 1. The molecular formula is C21H21N3O3S. The van der Waals surface area contributed by atoms with Crippen molar-refractivity contribution in [1.82, 2.24) is 15.8 Å². The number of nitrogens with one attached hydrogen (secondary N) is 2. The number of benzene rings is 2. The zero-order valence-corrected chi connectivity index (χ0v) is 16.3. The molecule has 2 N–H and O–H groups in total. The topological polar surface area (TPSA) is 78.5 Å². The van der Waals surface area contributed by atoms with E-state index in [-0.39, 0.29) is 5.75 Å². The summed E-state index contributed by atoms with van der Waals surface area (Å²) in [4.78, 5) is 38.4. The van der Waals surface area contributed by atoms with Crippen molar-refractivity contribution >= 4 is 29.6 Å². The Morgan fingerprint density at radius 1 is 1.14 bits per heavy atom. The fourth-order valence-corrected chi connectivity index (χ4v) is 4.40. The van der Waals surface area contributed by atoms with E-state index in [1.165, 1.54) is 29.3 Å². The number of hydrogen-bond acceptors (Lipinski definition) is 4. The van der Waals surface area contributed by atoms with Crippen molar-refractivity contribution in [1.29, 1.82) is 0 Å². The van der Waals surface area contributed by atoms with Gasteiger partial charge < -0.3 is 5.32 Å². The third kappa shape index (κ3) is 3.38. The van der Waals surface area contributed by atoms with Gasteiger partial charge in [-0.3, -0.25) is 15.0 Å². The monoisotopic (exact) mass is 395 g/mol. The van der Waals surface area contributed by atoms with Gasteiger partial charge in [0.05, 0.1) is 5.75 Å². The van der Waals surface area contributed by atoms with E-state index in [2.05, 4.69) is 22.9 Å². The molecule has 1 heterocycles. The Morgan fingerprint density at radius 3 is 2.68 bits per heavy atom. The number of rotatable bonds is 5. The maximum Gasteiger partial charge on any atom is 0.344 e. The van der Waals surface area contributed by atoms with Crippen LogP contribution in [-0.4, -0.2) is 28.6 Å². The first-order valence-corrected chi connectivity index (χ1v) is 10.2. The molecule has 144 valence electrons. The summed E-state index contributed by atoms with van der Waals surface area (Å²) >= 11 is 1.39. The summed E-state index contributed by atoms with van der Waals surface area (Å²) in [5, 5.41) is 3.45. The Balaban J connectivity index is 1.39. The fraction of sp³-hybridized carbons (Fsp3) is 0.286. The van der Waals surface area contributed by atoms with Crippen LogP contribution >= 0.6 is 11.8 Å². The van der Waals surface area contributed by atoms with E-state index in [1.807, 2.05) is 12.1 Å². The van der Waals surface area contributed by atoms with Crippen LogP contribution in [0.1, 0.15) is 30.0 Å². The van der Waals surface area contributed by atoms with Gasteiger partial charge in [0.1, 0.15) is 5.54 Å². The highest BCUT2D eigenvalue weighted by atomic mass is 32.2. The predicted molar refractivity (Wildman–Crippen MR) is 107 cm³/mol. The number of hydrazine groups is 1. The molecule has 4 amide bonds. The van der Waals surface area contributed by atoms with E-state index in [0.29, 0.717) is 5.56 Å². The smallest absolute Gasteiger partial charge is 0.318 e. The van der Waals surface area contributed by atoms with Crippen LogP contribution in [0.3, 0.4) is 0 Å². The summed E-state index contributed by atoms with van der Waals surface area (Å²) in [6.07, 6.45) is 3.37. The van der Waals surface area contributed by atoms with Gasteiger partial charge in [-0.15, -0.1) is 11.8 Å². The molecule has 1 fully saturated rings. The lowest BCUT2D eigenvalue weighted by molar-refractivity contribution is -0.138. The second-order valence-electron chi connectivity index (χ2n) is 7.17. The first kappa shape index (κ1) is 18.6. The molecule has 4 rings (SSSR count). The van der Waals surface area contributed by atoms with Crippen molar-refractivity contribution in [3.05, 3.63) is 65.2 Å². The van der Waals surface area contributed by atoms with Crippen molar-refractivity contribution in [3.8, 4) is 0 Å². The second-order valence-corrected chi connectivity index (χ2v) is 8.22. The Hall–Kier alpha value is -2.80. The van der Waals surface area contributed by atoms with Gasteiger partial charge in [-0.1, -0.05) is 36.4 Å². The van der Waals surface area contributed by atoms with Crippen molar-refractivity contribution in [2.45, 2.75) is 36.6 Å². The third-order valence-electron chi connectivity index (χ3n) is 5.22. The minimum Gasteiger partial charge on any atom is -0.318 e. The molecular weight excluding hydrogens is 374 g/mol. The molecule has 0 spiro atoms. The number of thioether (sulfide) groups is 1. The first-order chi connectivity index (χ1) is 13.5. The molecule has 1 saturated heterocycles. The molecule has 1 aliphatic carbocycles. The SMILES string of the molecule is C[C@]1(c2ccccc2)NC(=O)N(NC(=O)CSc2ccc3c(c2)CCC3)C1=O. The van der Waals surface area contributed by atoms with E-state index in [9.17, 15) is 14.4 Å². The van der Waals surface area contributed by atoms with Crippen molar-refractivity contribution in [2.75, 3.05) is 5.75 Å². The van der Waals surface area contributed by atoms with E-state index in [1.54, 1.807) is 31.2 Å². The highest BCUT2D eigenvalue weighted by Gasteiger charge is 2.49. The van der Waals surface area contributed by atoms with Crippen LogP contribution in [0.25, 0.3) is 0 Å². The van der Waals surface area contributed by atoms with Crippen molar-refractivity contribution < 1.29 is 14.4 Å². The maximum atomic E-state index is 12.8. The van der Waals surface area contributed by atoms with Crippen molar-refractivity contribution in [2.24, 2.45) is 0 Å². The molecule has 0 aromatic heterocycles. The zero-order chi connectivity index (χ0) is 19.7. The minimum atomic E-state index is -1.20. The number of carbonyl (C=O) groups is 3. The molecule has 2 aromatic carbocycles. The van der Waals surface area contributed by atoms with Gasteiger partial charge >= 0.3 is 6.03 Å². The number of fused-ring (bicyclic) bond motifs is 1. The van der Waals surface area contributed by atoms with E-state index in [4.69, 9.17) is 0 Å². The number of amides is 4. The molecule has 7 heteroatoms. The summed E-state index contributed by atoms with van der Waals surface area (Å²) in [7, 11) is 0. The van der Waals surface area contributed by atoms with Gasteiger partial charge in [-0.25, -0.2) is 4.79 Å². The summed E-state index contributed by atoms with van der Waals surface area (Å²) in [5.41, 5.74) is 4.63. The molecule has 0 unspecified atom stereocenters. The average Bonchev–Trinajstić information content (AvgIpc) is 3.25. The van der Waals surface area contributed by atoms with Crippen LogP contribution in [-0.2, 0) is 28.0 Å². The number of aryl methyl sites for hydroxylation is 2. The summed E-state index contributed by atoms with van der Waals surface area (Å²) in [5.74, 6) is -0.774. The number of hydrogen-bond donors (Lipinski definition) is 2. The molecule has 1 atom stereocenters. The van der Waals surface area contributed by atoms with Crippen LogP contribution in [0, 0.1) is 0 Å². The lowest BCUT2D eigenvalue weighted by Gasteiger charge is -2.22. The van der Waals surface area contributed by atoms with Gasteiger partial charge in [0, 0.05) is 4.90 Å². The molecule has 1 aliphatic heterocycles. The highest BCUT2D eigenvalue weighted by molar-refractivity contribution is 8.00. The number of nitrogens with zero attached hydrogens (tertiary/aromatic N) is 1. The van der Waals surface area contributed by atoms with Gasteiger partial charge in [0.15, 0.2) is 0 Å². The molecule has 2 aliphatic rings. The average molecular weight is 395 g/mol. The third-order valence-corrected chi connectivity index (χ3v) is 6.21. The predicted octanol–water partition coefficient (Wildman–Crippen LogP) is 2.77. The molecule has 0 saturated carbocycles. The standard InChI is InChI=1S/C21H21N3O3S/c1-21(16-8-3-2-4-9-16)19(26)24(20(27)22-21)23-18(25)13-28-17-11-10-14-6-5-7-15(14)12-17/h2-4,8-12H,5-7,13H2,1H3,(H,22,27)(H,23,25)/t21-/m1/s1. The maximum absolute atomic E-state index is 12.8. The molecule has 0 radical (unpaired) electrons. The van der Waals surface area contributed by atoms with Gasteiger partial charge in [-0.2, -0.15) is 5.01 Å². The lowest BCUT2D eigenvalue weighted by atomic mass is 9.92. The Labute approximate surface area is 167 Å².